The Morgan fingerprint density at radius 3 is 2.42 bits per heavy atom. The van der Waals surface area contributed by atoms with Crippen LogP contribution in [-0.4, -0.2) is 27.6 Å². The Labute approximate surface area is 189 Å². The van der Waals surface area contributed by atoms with E-state index in [1.54, 1.807) is 16.8 Å². The third-order valence-electron chi connectivity index (χ3n) is 4.54. The summed E-state index contributed by atoms with van der Waals surface area (Å²) in [5, 5.41) is 5.14. The van der Waals surface area contributed by atoms with E-state index in [1.165, 1.54) is 6.07 Å². The van der Waals surface area contributed by atoms with E-state index in [0.717, 1.165) is 28.3 Å². The minimum atomic E-state index is -4.24. The molecule has 158 valence electrons. The van der Waals surface area contributed by atoms with Gasteiger partial charge < -0.3 is 0 Å². The number of hydrogen-bond donors (Lipinski definition) is 1. The molecule has 0 saturated carbocycles. The third-order valence-corrected chi connectivity index (χ3v) is 7.11. The average Bonchev–Trinajstić information content (AvgIpc) is 3.32. The van der Waals surface area contributed by atoms with Crippen molar-refractivity contribution >= 4 is 38.7 Å². The Hall–Kier alpha value is -2.70. The van der Waals surface area contributed by atoms with Gasteiger partial charge in [-0.1, -0.05) is 56.3 Å². The lowest BCUT2D eigenvalue weighted by Gasteiger charge is -2.21. The number of nitrogens with zero attached hydrogens (tertiary/aromatic N) is 3. The number of fused-ring (bicyclic) bond motifs is 1. The highest BCUT2D eigenvalue weighted by molar-refractivity contribution is 7.88. The van der Waals surface area contributed by atoms with Gasteiger partial charge in [-0.15, -0.1) is 11.3 Å². The molecule has 9 heteroatoms. The Balaban J connectivity index is 1.85. The fourth-order valence-electron chi connectivity index (χ4n) is 3.01. The predicted molar refractivity (Wildman–Crippen MR) is 122 cm³/mol. The van der Waals surface area contributed by atoms with Crippen molar-refractivity contribution in [3.8, 4) is 23.1 Å². The van der Waals surface area contributed by atoms with E-state index >= 15 is 0 Å². The summed E-state index contributed by atoms with van der Waals surface area (Å²) in [7, 11) is -4.24. The van der Waals surface area contributed by atoms with Gasteiger partial charge in [0, 0.05) is 16.0 Å². The fourth-order valence-corrected chi connectivity index (χ4v) is 4.66. The highest BCUT2D eigenvalue weighted by atomic mass is 35.5. The van der Waals surface area contributed by atoms with Gasteiger partial charge >= 0.3 is 10.1 Å². The van der Waals surface area contributed by atoms with Crippen LogP contribution in [0.5, 0.6) is 0 Å². The minimum Gasteiger partial charge on any atom is -0.281 e. The van der Waals surface area contributed by atoms with Gasteiger partial charge in [-0.2, -0.15) is 13.5 Å². The number of rotatable bonds is 2. The molecule has 1 N–H and O–H groups in total. The maximum Gasteiger partial charge on any atom is 0.304 e. The van der Waals surface area contributed by atoms with Crippen molar-refractivity contribution in [1.29, 1.82) is 0 Å². The summed E-state index contributed by atoms with van der Waals surface area (Å²) >= 11 is 6.93. The Morgan fingerprint density at radius 2 is 1.81 bits per heavy atom. The van der Waals surface area contributed by atoms with E-state index in [1.807, 2.05) is 30.3 Å². The number of aromatic nitrogens is 3. The normalized spacial score (nSPS) is 12.0. The van der Waals surface area contributed by atoms with Crippen molar-refractivity contribution in [2.24, 2.45) is 0 Å². The molecule has 3 aromatic heterocycles. The van der Waals surface area contributed by atoms with E-state index < -0.39 is 10.1 Å². The van der Waals surface area contributed by atoms with E-state index in [0.29, 0.717) is 21.1 Å². The highest BCUT2D eigenvalue weighted by Crippen LogP contribution is 2.29. The summed E-state index contributed by atoms with van der Waals surface area (Å²) in [6.45, 7) is 6.30. The second kappa shape index (κ2) is 7.77. The summed E-state index contributed by atoms with van der Waals surface area (Å²) in [6, 6.07) is 12.4. The molecule has 0 atom stereocenters. The van der Waals surface area contributed by atoms with Gasteiger partial charge in [-0.3, -0.25) is 4.55 Å². The van der Waals surface area contributed by atoms with Gasteiger partial charge in [0.2, 0.25) is 0 Å². The third kappa shape index (κ3) is 4.50. The molecule has 4 rings (SSSR count). The summed E-state index contributed by atoms with van der Waals surface area (Å²) in [5.74, 6) is 5.97. The maximum absolute atomic E-state index is 11.3. The van der Waals surface area contributed by atoms with Crippen LogP contribution in [-0.2, 0) is 15.5 Å². The summed E-state index contributed by atoms with van der Waals surface area (Å²) < 4.78 is 33.3. The first kappa shape index (κ1) is 21.5. The maximum atomic E-state index is 11.3. The topological polar surface area (TPSA) is 84.6 Å². The number of halogens is 1. The molecule has 0 aliphatic rings. The largest absolute Gasteiger partial charge is 0.304 e. The van der Waals surface area contributed by atoms with Crippen LogP contribution < -0.4 is 0 Å². The summed E-state index contributed by atoms with van der Waals surface area (Å²) in [6.07, 6.45) is 1.65. The molecule has 0 spiro atoms. The lowest BCUT2D eigenvalue weighted by Crippen LogP contribution is -2.18. The number of hydrogen-bond acceptors (Lipinski definition) is 5. The fraction of sp³-hybridized carbons (Fsp3) is 0.182. The first-order valence-electron chi connectivity index (χ1n) is 9.27. The van der Waals surface area contributed by atoms with Gasteiger partial charge in [0.1, 0.15) is 4.21 Å². The van der Waals surface area contributed by atoms with Crippen molar-refractivity contribution in [3.63, 3.8) is 0 Å². The zero-order valence-corrected chi connectivity index (χ0v) is 19.3. The lowest BCUT2D eigenvalue weighted by atomic mass is 9.91. The summed E-state index contributed by atoms with van der Waals surface area (Å²) in [4.78, 5) is 5.30. The van der Waals surface area contributed by atoms with Gasteiger partial charge in [0.05, 0.1) is 28.0 Å². The van der Waals surface area contributed by atoms with Crippen LogP contribution in [0.4, 0.5) is 0 Å². The van der Waals surface area contributed by atoms with Crippen molar-refractivity contribution in [2.45, 2.75) is 30.4 Å². The van der Waals surface area contributed by atoms with Crippen molar-refractivity contribution < 1.29 is 13.0 Å². The van der Waals surface area contributed by atoms with Gasteiger partial charge in [-0.05, 0) is 30.3 Å². The highest BCUT2D eigenvalue weighted by Gasteiger charge is 2.21. The molecule has 1 aromatic carbocycles. The van der Waals surface area contributed by atoms with Crippen molar-refractivity contribution in [3.05, 3.63) is 69.8 Å². The number of thiophene rings is 1. The zero-order chi connectivity index (χ0) is 22.4. The monoisotopic (exact) mass is 471 g/mol. The molecule has 0 fully saturated rings. The van der Waals surface area contributed by atoms with Gasteiger partial charge in [-0.25, -0.2) is 9.50 Å². The van der Waals surface area contributed by atoms with E-state index in [-0.39, 0.29) is 9.62 Å². The summed E-state index contributed by atoms with van der Waals surface area (Å²) in [5.41, 5.74) is 3.70. The average molecular weight is 472 g/mol. The molecule has 0 aliphatic heterocycles. The van der Waals surface area contributed by atoms with Crippen molar-refractivity contribution in [1.82, 2.24) is 14.6 Å². The van der Waals surface area contributed by atoms with E-state index in [4.69, 9.17) is 21.1 Å². The second-order valence-electron chi connectivity index (χ2n) is 7.92. The van der Waals surface area contributed by atoms with Gasteiger partial charge in [0.15, 0.2) is 5.65 Å². The second-order valence-corrected chi connectivity index (χ2v) is 11.1. The first-order chi connectivity index (χ1) is 14.5. The molecule has 6 nitrogen and oxygen atoms in total. The molecule has 0 unspecified atom stereocenters. The molecule has 0 saturated heterocycles. The molecule has 0 aliphatic carbocycles. The standard InChI is InChI=1S/C22H18ClN3O3S2/c1-22(2,3)19-12-18(14-4-7-16(23)8-5-14)25-21-15(13-24-26(19)21)6-9-17-10-11-20(30-17)31(27,28)29/h4-5,7-8,10-13H,1-3H3,(H,27,28,29). The molecule has 0 bridgehead atoms. The molecule has 4 aromatic rings. The quantitative estimate of drug-likeness (QED) is 0.326. The van der Waals surface area contributed by atoms with E-state index in [2.05, 4.69) is 37.7 Å². The smallest absolute Gasteiger partial charge is 0.281 e. The van der Waals surface area contributed by atoms with Crippen LogP contribution in [0, 0.1) is 11.8 Å². The van der Waals surface area contributed by atoms with Gasteiger partial charge in [0.25, 0.3) is 0 Å². The van der Waals surface area contributed by atoms with Crippen LogP contribution in [0.1, 0.15) is 36.9 Å². The van der Waals surface area contributed by atoms with Crippen LogP contribution in [0.3, 0.4) is 0 Å². The van der Waals surface area contributed by atoms with E-state index in [9.17, 15) is 8.42 Å². The van der Waals surface area contributed by atoms with Crippen LogP contribution >= 0.6 is 22.9 Å². The Morgan fingerprint density at radius 1 is 1.10 bits per heavy atom. The molecule has 0 radical (unpaired) electrons. The van der Waals surface area contributed by atoms with Crippen molar-refractivity contribution in [2.75, 3.05) is 0 Å². The SMILES string of the molecule is CC(C)(C)c1cc(-c2ccc(Cl)cc2)nc2c(C#Cc3ccc(S(=O)(=O)O)s3)cnn12. The molecule has 3 heterocycles. The molecular weight excluding hydrogens is 454 g/mol. The van der Waals surface area contributed by atoms with Crippen LogP contribution in [0.2, 0.25) is 5.02 Å². The molecular formula is C22H18ClN3O3S2. The molecule has 31 heavy (non-hydrogen) atoms. The zero-order valence-electron chi connectivity index (χ0n) is 16.9. The number of benzene rings is 1. The van der Waals surface area contributed by atoms with Crippen LogP contribution in [0.25, 0.3) is 16.9 Å². The first-order valence-corrected chi connectivity index (χ1v) is 11.9. The predicted octanol–water partition coefficient (Wildman–Crippen LogP) is 5.06. The van der Waals surface area contributed by atoms with Crippen LogP contribution in [0.15, 0.2) is 52.9 Å². The Kier molecular flexibility index (Phi) is 5.40. The molecule has 0 amide bonds. The minimum absolute atomic E-state index is 0.144. The lowest BCUT2D eigenvalue weighted by molar-refractivity contribution is 0.485. The Bertz CT molecular complexity index is 1450.